The van der Waals surface area contributed by atoms with Crippen molar-refractivity contribution in [3.63, 3.8) is 0 Å². The first-order valence-electron chi connectivity index (χ1n) is 7.27. The summed E-state index contributed by atoms with van der Waals surface area (Å²) in [4.78, 5) is 14.1. The molecule has 22 heavy (non-hydrogen) atoms. The molecule has 1 unspecified atom stereocenters. The molecule has 4 nitrogen and oxygen atoms in total. The van der Waals surface area contributed by atoms with Crippen molar-refractivity contribution >= 4 is 11.6 Å². The summed E-state index contributed by atoms with van der Waals surface area (Å²) in [5.41, 5.74) is 3.49. The number of hydrogen-bond acceptors (Lipinski definition) is 3. The number of anilines is 1. The molecule has 0 heterocycles. The Morgan fingerprint density at radius 2 is 1.86 bits per heavy atom. The zero-order valence-corrected chi connectivity index (χ0v) is 13.2. The lowest BCUT2D eigenvalue weighted by Crippen LogP contribution is -2.28. The van der Waals surface area contributed by atoms with Gasteiger partial charge in [-0.25, -0.2) is 0 Å². The van der Waals surface area contributed by atoms with Crippen LogP contribution in [0.15, 0.2) is 48.5 Å². The van der Waals surface area contributed by atoms with Gasteiger partial charge in [0.25, 0.3) is 5.91 Å². The molecule has 116 valence electrons. The minimum absolute atomic E-state index is 0.185. The van der Waals surface area contributed by atoms with Gasteiger partial charge in [0, 0.05) is 31.9 Å². The summed E-state index contributed by atoms with van der Waals surface area (Å²) < 4.78 is 0. The van der Waals surface area contributed by atoms with Crippen LogP contribution in [-0.4, -0.2) is 31.7 Å². The first-order chi connectivity index (χ1) is 10.5. The van der Waals surface area contributed by atoms with Crippen LogP contribution in [0.5, 0.6) is 0 Å². The van der Waals surface area contributed by atoms with E-state index in [0.717, 1.165) is 16.8 Å². The standard InChI is InChI=1S/C18H22N2O2/c1-13-7-9-14(10-8-13)17(21)12-19-18(22)15-5-4-6-16(11-15)20(2)3/h4-11,17,21H,12H2,1-3H3,(H,19,22). The van der Waals surface area contributed by atoms with E-state index in [9.17, 15) is 9.90 Å². The molecule has 0 aliphatic carbocycles. The number of nitrogens with one attached hydrogen (secondary N) is 1. The quantitative estimate of drug-likeness (QED) is 0.892. The molecule has 4 heteroatoms. The van der Waals surface area contributed by atoms with Crippen molar-refractivity contribution in [1.29, 1.82) is 0 Å². The Balaban J connectivity index is 1.97. The first-order valence-corrected chi connectivity index (χ1v) is 7.27. The minimum atomic E-state index is -0.707. The van der Waals surface area contributed by atoms with Gasteiger partial charge in [-0.1, -0.05) is 35.9 Å². The van der Waals surface area contributed by atoms with Crippen LogP contribution < -0.4 is 10.2 Å². The number of carbonyl (C=O) groups excluding carboxylic acids is 1. The monoisotopic (exact) mass is 298 g/mol. The molecule has 0 saturated carbocycles. The van der Waals surface area contributed by atoms with Gasteiger partial charge in [0.2, 0.25) is 0 Å². The van der Waals surface area contributed by atoms with E-state index in [1.54, 1.807) is 6.07 Å². The lowest BCUT2D eigenvalue weighted by molar-refractivity contribution is 0.0916. The average Bonchev–Trinajstić information content (AvgIpc) is 2.53. The van der Waals surface area contributed by atoms with Crippen molar-refractivity contribution in [3.05, 3.63) is 65.2 Å². The van der Waals surface area contributed by atoms with Crippen molar-refractivity contribution in [2.75, 3.05) is 25.5 Å². The second-order valence-corrected chi connectivity index (χ2v) is 5.58. The highest BCUT2D eigenvalue weighted by molar-refractivity contribution is 5.95. The predicted octanol–water partition coefficient (Wildman–Crippen LogP) is 2.52. The van der Waals surface area contributed by atoms with Gasteiger partial charge in [-0.15, -0.1) is 0 Å². The van der Waals surface area contributed by atoms with E-state index in [1.807, 2.05) is 68.4 Å². The van der Waals surface area contributed by atoms with Gasteiger partial charge in [0.15, 0.2) is 0 Å². The number of carbonyl (C=O) groups is 1. The zero-order chi connectivity index (χ0) is 16.1. The maximum absolute atomic E-state index is 12.2. The van der Waals surface area contributed by atoms with Crippen LogP contribution in [0.25, 0.3) is 0 Å². The van der Waals surface area contributed by atoms with Crippen molar-refractivity contribution in [2.24, 2.45) is 0 Å². The summed E-state index contributed by atoms with van der Waals surface area (Å²) in [5.74, 6) is -0.185. The van der Waals surface area contributed by atoms with Crippen LogP contribution in [0.4, 0.5) is 5.69 Å². The Morgan fingerprint density at radius 3 is 2.50 bits per heavy atom. The third kappa shape index (κ3) is 4.09. The molecule has 0 aliphatic rings. The average molecular weight is 298 g/mol. The lowest BCUT2D eigenvalue weighted by Gasteiger charge is -2.15. The van der Waals surface area contributed by atoms with Crippen molar-refractivity contribution in [3.8, 4) is 0 Å². The fourth-order valence-corrected chi connectivity index (χ4v) is 2.12. The maximum Gasteiger partial charge on any atom is 0.251 e. The SMILES string of the molecule is Cc1ccc(C(O)CNC(=O)c2cccc(N(C)C)c2)cc1. The second-order valence-electron chi connectivity index (χ2n) is 5.58. The van der Waals surface area contributed by atoms with Gasteiger partial charge in [0.05, 0.1) is 6.10 Å². The molecule has 2 rings (SSSR count). The number of hydrogen-bond donors (Lipinski definition) is 2. The van der Waals surface area contributed by atoms with E-state index < -0.39 is 6.10 Å². The highest BCUT2D eigenvalue weighted by Crippen LogP contribution is 2.15. The van der Waals surface area contributed by atoms with Crippen LogP contribution in [0, 0.1) is 6.92 Å². The van der Waals surface area contributed by atoms with Gasteiger partial charge in [0.1, 0.15) is 0 Å². The van der Waals surface area contributed by atoms with E-state index in [4.69, 9.17) is 0 Å². The zero-order valence-electron chi connectivity index (χ0n) is 13.2. The second kappa shape index (κ2) is 7.09. The molecular weight excluding hydrogens is 276 g/mol. The highest BCUT2D eigenvalue weighted by atomic mass is 16.3. The Bertz CT molecular complexity index is 636. The number of aryl methyl sites for hydroxylation is 1. The molecule has 0 fully saturated rings. The number of aliphatic hydroxyl groups is 1. The van der Waals surface area contributed by atoms with Crippen LogP contribution in [0.3, 0.4) is 0 Å². The normalized spacial score (nSPS) is 11.8. The molecule has 2 aromatic rings. The van der Waals surface area contributed by atoms with Crippen molar-refractivity contribution < 1.29 is 9.90 Å². The molecule has 0 radical (unpaired) electrons. The molecule has 2 aromatic carbocycles. The van der Waals surface area contributed by atoms with Crippen LogP contribution in [0.1, 0.15) is 27.6 Å². The fourth-order valence-electron chi connectivity index (χ4n) is 2.12. The molecule has 0 aromatic heterocycles. The van der Waals surface area contributed by atoms with Gasteiger partial charge in [-0.2, -0.15) is 0 Å². The van der Waals surface area contributed by atoms with Gasteiger partial charge >= 0.3 is 0 Å². The van der Waals surface area contributed by atoms with Crippen LogP contribution in [-0.2, 0) is 0 Å². The van der Waals surface area contributed by atoms with Gasteiger partial charge in [-0.3, -0.25) is 4.79 Å². The maximum atomic E-state index is 12.2. The molecule has 0 aliphatic heterocycles. The Hall–Kier alpha value is -2.33. The Kier molecular flexibility index (Phi) is 5.17. The van der Waals surface area contributed by atoms with E-state index in [-0.39, 0.29) is 12.5 Å². The van der Waals surface area contributed by atoms with E-state index >= 15 is 0 Å². The number of benzene rings is 2. The largest absolute Gasteiger partial charge is 0.387 e. The summed E-state index contributed by atoms with van der Waals surface area (Å²) in [7, 11) is 3.86. The number of aliphatic hydroxyl groups excluding tert-OH is 1. The topological polar surface area (TPSA) is 52.6 Å². The minimum Gasteiger partial charge on any atom is -0.387 e. The van der Waals surface area contributed by atoms with Crippen LogP contribution >= 0.6 is 0 Å². The summed E-state index contributed by atoms with van der Waals surface area (Å²) in [6.07, 6.45) is -0.707. The third-order valence-electron chi connectivity index (χ3n) is 3.54. The van der Waals surface area contributed by atoms with Crippen LogP contribution in [0.2, 0.25) is 0 Å². The first kappa shape index (κ1) is 16.0. The summed E-state index contributed by atoms with van der Waals surface area (Å²) in [5, 5.41) is 12.9. The third-order valence-corrected chi connectivity index (χ3v) is 3.54. The molecule has 1 amide bonds. The molecule has 1 atom stereocenters. The number of amides is 1. The summed E-state index contributed by atoms with van der Waals surface area (Å²) in [6.45, 7) is 2.18. The molecule has 0 saturated heterocycles. The van der Waals surface area contributed by atoms with Crippen molar-refractivity contribution in [2.45, 2.75) is 13.0 Å². The highest BCUT2D eigenvalue weighted by Gasteiger charge is 2.11. The Labute approximate surface area is 131 Å². The summed E-state index contributed by atoms with van der Waals surface area (Å²) in [6, 6.07) is 15.0. The van der Waals surface area contributed by atoms with E-state index in [2.05, 4.69) is 5.32 Å². The van der Waals surface area contributed by atoms with E-state index in [1.165, 1.54) is 0 Å². The number of nitrogens with zero attached hydrogens (tertiary/aromatic N) is 1. The molecule has 2 N–H and O–H groups in total. The Morgan fingerprint density at radius 1 is 1.18 bits per heavy atom. The predicted molar refractivity (Wildman–Crippen MR) is 89.2 cm³/mol. The number of rotatable bonds is 5. The fraction of sp³-hybridized carbons (Fsp3) is 0.278. The van der Waals surface area contributed by atoms with Gasteiger partial charge in [-0.05, 0) is 30.7 Å². The van der Waals surface area contributed by atoms with E-state index in [0.29, 0.717) is 5.56 Å². The van der Waals surface area contributed by atoms with Crippen molar-refractivity contribution in [1.82, 2.24) is 5.32 Å². The molecule has 0 bridgehead atoms. The molecule has 0 spiro atoms. The summed E-state index contributed by atoms with van der Waals surface area (Å²) >= 11 is 0. The lowest BCUT2D eigenvalue weighted by atomic mass is 10.1. The smallest absolute Gasteiger partial charge is 0.251 e. The van der Waals surface area contributed by atoms with Gasteiger partial charge < -0.3 is 15.3 Å². The molecular formula is C18H22N2O2.